The predicted octanol–water partition coefficient (Wildman–Crippen LogP) is 3.42. The minimum atomic E-state index is -1.00. The van der Waals surface area contributed by atoms with Crippen molar-refractivity contribution in [3.05, 3.63) is 34.9 Å². The quantitative estimate of drug-likeness (QED) is 0.860. The molecule has 0 aliphatic rings. The fourth-order valence-corrected chi connectivity index (χ4v) is 1.58. The Morgan fingerprint density at radius 3 is 2.36 bits per heavy atom. The van der Waals surface area contributed by atoms with E-state index in [4.69, 9.17) is 16.7 Å². The third-order valence-corrected chi connectivity index (χ3v) is 3.74. The number of alkyl halides is 1. The zero-order chi connectivity index (χ0) is 10.8. The van der Waals surface area contributed by atoms with E-state index in [0.717, 1.165) is 0 Å². The van der Waals surface area contributed by atoms with E-state index >= 15 is 0 Å². The van der Waals surface area contributed by atoms with Gasteiger partial charge in [-0.2, -0.15) is 0 Å². The van der Waals surface area contributed by atoms with Gasteiger partial charge >= 0.3 is 5.97 Å². The number of hydrogen-bond donors (Lipinski definition) is 1. The van der Waals surface area contributed by atoms with Crippen LogP contribution in [0.1, 0.15) is 18.9 Å². The summed E-state index contributed by atoms with van der Waals surface area (Å²) in [5.41, 5.74) is 0.705. The van der Waals surface area contributed by atoms with Crippen LogP contribution in [0.5, 0.6) is 0 Å². The van der Waals surface area contributed by atoms with Gasteiger partial charge in [-0.05, 0) is 24.1 Å². The second-order valence-corrected chi connectivity index (χ2v) is 4.76. The van der Waals surface area contributed by atoms with Crippen LogP contribution in [0.25, 0.3) is 0 Å². The van der Waals surface area contributed by atoms with Gasteiger partial charge in [0.1, 0.15) is 4.32 Å². The van der Waals surface area contributed by atoms with Crippen LogP contribution in [0.15, 0.2) is 24.3 Å². The van der Waals surface area contributed by atoms with Gasteiger partial charge in [0.25, 0.3) is 0 Å². The number of rotatable bonds is 3. The molecular weight excluding hydrogens is 267 g/mol. The summed E-state index contributed by atoms with van der Waals surface area (Å²) in [4.78, 5) is 11.1. The molecule has 0 radical (unpaired) electrons. The van der Waals surface area contributed by atoms with E-state index < -0.39 is 10.3 Å². The van der Waals surface area contributed by atoms with Crippen molar-refractivity contribution in [3.63, 3.8) is 0 Å². The Morgan fingerprint density at radius 2 is 2.00 bits per heavy atom. The number of aliphatic carboxylic acids is 1. The molecule has 0 saturated carbocycles. The van der Waals surface area contributed by atoms with Crippen molar-refractivity contribution in [1.82, 2.24) is 0 Å². The second kappa shape index (κ2) is 4.32. The highest BCUT2D eigenvalue weighted by Crippen LogP contribution is 2.35. The summed E-state index contributed by atoms with van der Waals surface area (Å²) in [6.45, 7) is 1.82. The van der Waals surface area contributed by atoms with Gasteiger partial charge in [0.2, 0.25) is 0 Å². The van der Waals surface area contributed by atoms with Crippen LogP contribution in [-0.2, 0) is 9.12 Å². The van der Waals surface area contributed by atoms with Crippen molar-refractivity contribution in [1.29, 1.82) is 0 Å². The summed E-state index contributed by atoms with van der Waals surface area (Å²) in [7, 11) is 0. The van der Waals surface area contributed by atoms with Crippen molar-refractivity contribution >= 4 is 33.5 Å². The third-order valence-electron chi connectivity index (χ3n) is 2.13. The molecule has 1 unspecified atom stereocenters. The second-order valence-electron chi connectivity index (χ2n) is 2.97. The Morgan fingerprint density at radius 1 is 1.50 bits per heavy atom. The Kier molecular flexibility index (Phi) is 3.56. The SMILES string of the molecule is CCC(Br)(C(=O)O)c1ccc(Cl)cc1. The molecule has 1 atom stereocenters. The highest BCUT2D eigenvalue weighted by molar-refractivity contribution is 9.10. The summed E-state index contributed by atoms with van der Waals surface area (Å²) in [5, 5.41) is 9.68. The van der Waals surface area contributed by atoms with Crippen molar-refractivity contribution in [2.24, 2.45) is 0 Å². The lowest BCUT2D eigenvalue weighted by molar-refractivity contribution is -0.140. The van der Waals surface area contributed by atoms with E-state index in [9.17, 15) is 4.79 Å². The highest BCUT2D eigenvalue weighted by Gasteiger charge is 2.35. The van der Waals surface area contributed by atoms with Crippen LogP contribution in [0, 0.1) is 0 Å². The number of carboxylic acid groups (broad SMARTS) is 1. The maximum atomic E-state index is 11.1. The zero-order valence-corrected chi connectivity index (χ0v) is 9.97. The topological polar surface area (TPSA) is 37.3 Å². The highest BCUT2D eigenvalue weighted by atomic mass is 79.9. The molecule has 1 N–H and O–H groups in total. The molecular formula is C10H10BrClO2. The Hall–Kier alpha value is -0.540. The van der Waals surface area contributed by atoms with Gasteiger partial charge in [-0.25, -0.2) is 0 Å². The van der Waals surface area contributed by atoms with E-state index in [1.807, 2.05) is 6.92 Å². The molecule has 0 fully saturated rings. The average molecular weight is 278 g/mol. The number of hydrogen-bond acceptors (Lipinski definition) is 1. The van der Waals surface area contributed by atoms with Crippen molar-refractivity contribution in [2.45, 2.75) is 17.7 Å². The van der Waals surface area contributed by atoms with Gasteiger partial charge in [0, 0.05) is 5.02 Å². The van der Waals surface area contributed by atoms with Gasteiger partial charge in [-0.15, -0.1) is 0 Å². The van der Waals surface area contributed by atoms with Crippen molar-refractivity contribution in [2.75, 3.05) is 0 Å². The predicted molar refractivity (Wildman–Crippen MR) is 60.0 cm³/mol. The minimum absolute atomic E-state index is 0.476. The van der Waals surface area contributed by atoms with E-state index in [1.54, 1.807) is 24.3 Å². The molecule has 0 bridgehead atoms. The molecule has 0 amide bonds. The monoisotopic (exact) mass is 276 g/mol. The van der Waals surface area contributed by atoms with E-state index in [1.165, 1.54) is 0 Å². The smallest absolute Gasteiger partial charge is 0.324 e. The molecule has 14 heavy (non-hydrogen) atoms. The van der Waals surface area contributed by atoms with E-state index in [0.29, 0.717) is 17.0 Å². The Labute approximate surface area is 96.0 Å². The van der Waals surface area contributed by atoms with Gasteiger partial charge in [0.15, 0.2) is 0 Å². The van der Waals surface area contributed by atoms with E-state index in [2.05, 4.69) is 15.9 Å². The fraction of sp³-hybridized carbons (Fsp3) is 0.300. The summed E-state index contributed by atoms with van der Waals surface area (Å²) >= 11 is 8.96. The van der Waals surface area contributed by atoms with Crippen molar-refractivity contribution < 1.29 is 9.90 Å². The first-order chi connectivity index (χ1) is 6.50. The normalized spacial score (nSPS) is 14.8. The number of carboxylic acids is 1. The molecule has 0 saturated heterocycles. The molecule has 1 aromatic carbocycles. The lowest BCUT2D eigenvalue weighted by Crippen LogP contribution is -2.27. The summed E-state index contributed by atoms with van der Waals surface area (Å²) in [5.74, 6) is -0.887. The molecule has 0 spiro atoms. The molecule has 0 aliphatic carbocycles. The summed E-state index contributed by atoms with van der Waals surface area (Å²) in [6.07, 6.45) is 0.476. The van der Waals surface area contributed by atoms with Crippen LogP contribution in [0.3, 0.4) is 0 Å². The van der Waals surface area contributed by atoms with Crippen LogP contribution >= 0.6 is 27.5 Å². The average Bonchev–Trinajstić information content (AvgIpc) is 2.17. The first kappa shape index (κ1) is 11.5. The van der Waals surface area contributed by atoms with Crippen LogP contribution in [0.4, 0.5) is 0 Å². The molecule has 1 rings (SSSR count). The molecule has 0 aromatic heterocycles. The first-order valence-corrected chi connectivity index (χ1v) is 5.36. The maximum Gasteiger partial charge on any atom is 0.324 e. The molecule has 1 aromatic rings. The van der Waals surface area contributed by atoms with Crippen molar-refractivity contribution in [3.8, 4) is 0 Å². The maximum absolute atomic E-state index is 11.1. The number of halogens is 2. The number of carbonyl (C=O) groups is 1. The number of benzene rings is 1. The third kappa shape index (κ3) is 2.10. The molecule has 0 heterocycles. The van der Waals surface area contributed by atoms with Crippen LogP contribution < -0.4 is 0 Å². The first-order valence-electron chi connectivity index (χ1n) is 4.19. The summed E-state index contributed by atoms with van der Waals surface area (Å²) < 4.78 is -1.00. The van der Waals surface area contributed by atoms with Crippen LogP contribution in [-0.4, -0.2) is 11.1 Å². The molecule has 0 aliphatic heterocycles. The summed E-state index contributed by atoms with van der Waals surface area (Å²) in [6, 6.07) is 6.81. The largest absolute Gasteiger partial charge is 0.480 e. The Balaban J connectivity index is 3.13. The van der Waals surface area contributed by atoms with Gasteiger partial charge in [0.05, 0.1) is 0 Å². The molecule has 4 heteroatoms. The van der Waals surface area contributed by atoms with Gasteiger partial charge in [-0.1, -0.05) is 46.6 Å². The van der Waals surface area contributed by atoms with E-state index in [-0.39, 0.29) is 0 Å². The lowest BCUT2D eigenvalue weighted by atomic mass is 9.96. The van der Waals surface area contributed by atoms with Gasteiger partial charge in [-0.3, -0.25) is 4.79 Å². The Bertz CT molecular complexity index is 336. The lowest BCUT2D eigenvalue weighted by Gasteiger charge is -2.21. The van der Waals surface area contributed by atoms with Crippen LogP contribution in [0.2, 0.25) is 5.02 Å². The van der Waals surface area contributed by atoms with Gasteiger partial charge < -0.3 is 5.11 Å². The standard InChI is InChI=1S/C10H10BrClO2/c1-2-10(11,9(13)14)7-3-5-8(12)6-4-7/h3-6H,2H2,1H3,(H,13,14). The molecule has 2 nitrogen and oxygen atoms in total. The fourth-order valence-electron chi connectivity index (χ4n) is 1.19. The molecule has 76 valence electrons. The zero-order valence-electron chi connectivity index (χ0n) is 7.63. The minimum Gasteiger partial charge on any atom is -0.480 e.